The number of hydrogen-bond acceptors (Lipinski definition) is 5. The molecule has 3 saturated heterocycles. The number of aliphatic hydroxyl groups excluding tert-OH is 1. The maximum Gasteiger partial charge on any atom is 0.246 e. The van der Waals surface area contributed by atoms with Gasteiger partial charge in [0.05, 0.1) is 17.9 Å². The van der Waals surface area contributed by atoms with Crippen molar-refractivity contribution in [2.45, 2.75) is 94.4 Å². The van der Waals surface area contributed by atoms with Crippen molar-refractivity contribution in [3.05, 3.63) is 0 Å². The maximum absolute atomic E-state index is 13.6. The second kappa shape index (κ2) is 9.45. The number of carbonyl (C=O) groups is 3. The summed E-state index contributed by atoms with van der Waals surface area (Å²) in [5.74, 6) is -1.49. The maximum atomic E-state index is 13.6. The Labute approximate surface area is 184 Å². The van der Waals surface area contributed by atoms with E-state index in [0.717, 1.165) is 51.4 Å². The van der Waals surface area contributed by atoms with Crippen LogP contribution in [-0.2, 0) is 19.1 Å². The monoisotopic (exact) mass is 435 g/mol. The number of hydrogen-bond donors (Lipinski definition) is 3. The minimum Gasteiger partial charge on any atom is -0.396 e. The third kappa shape index (κ3) is 3.97. The molecule has 174 valence electrons. The van der Waals surface area contributed by atoms with E-state index < -0.39 is 23.5 Å². The van der Waals surface area contributed by atoms with Gasteiger partial charge >= 0.3 is 0 Å². The van der Waals surface area contributed by atoms with Crippen LogP contribution in [0.15, 0.2) is 0 Å². The largest absolute Gasteiger partial charge is 0.396 e. The van der Waals surface area contributed by atoms with E-state index in [-0.39, 0.29) is 36.5 Å². The fourth-order valence-corrected chi connectivity index (χ4v) is 6.44. The number of amides is 3. The Balaban J connectivity index is 1.56. The molecule has 4 fully saturated rings. The zero-order valence-corrected chi connectivity index (χ0v) is 18.6. The summed E-state index contributed by atoms with van der Waals surface area (Å²) in [5.41, 5.74) is -0.886. The molecule has 2 bridgehead atoms. The minimum atomic E-state index is -0.886. The standard InChI is InChI=1S/C23H37N3O5/c1-24-20(28)17-16-11-12-23(31-16)18(17)22(30)26(13-7-2-3-8-14-27)19(23)21(29)25-15-9-5-4-6-10-15/h15-19,27H,2-14H2,1H3,(H,24,28)(H,25,29)/t16-,17+,18-,19?,23?/m0/s1. The van der Waals surface area contributed by atoms with Crippen LogP contribution in [0.2, 0.25) is 0 Å². The van der Waals surface area contributed by atoms with Crippen molar-refractivity contribution in [1.82, 2.24) is 15.5 Å². The van der Waals surface area contributed by atoms with Gasteiger partial charge in [-0.1, -0.05) is 32.1 Å². The molecule has 3 aliphatic heterocycles. The predicted octanol–water partition coefficient (Wildman–Crippen LogP) is 1.11. The van der Waals surface area contributed by atoms with Crippen molar-refractivity contribution in [3.63, 3.8) is 0 Å². The van der Waals surface area contributed by atoms with Gasteiger partial charge in [-0.05, 0) is 38.5 Å². The van der Waals surface area contributed by atoms with E-state index in [4.69, 9.17) is 9.84 Å². The highest BCUT2D eigenvalue weighted by atomic mass is 16.5. The first-order chi connectivity index (χ1) is 15.0. The van der Waals surface area contributed by atoms with Crippen molar-refractivity contribution in [2.24, 2.45) is 11.8 Å². The lowest BCUT2D eigenvalue weighted by Crippen LogP contribution is -2.57. The molecule has 0 radical (unpaired) electrons. The molecule has 0 aromatic carbocycles. The summed E-state index contributed by atoms with van der Waals surface area (Å²) in [4.78, 5) is 41.5. The van der Waals surface area contributed by atoms with Crippen molar-refractivity contribution in [3.8, 4) is 0 Å². The molecule has 5 atom stereocenters. The Morgan fingerprint density at radius 3 is 2.55 bits per heavy atom. The molecule has 0 aromatic rings. The Kier molecular flexibility index (Phi) is 6.86. The van der Waals surface area contributed by atoms with Gasteiger partial charge in [0, 0.05) is 26.2 Å². The van der Waals surface area contributed by atoms with Gasteiger partial charge in [-0.2, -0.15) is 0 Å². The normalized spacial score (nSPS) is 34.8. The highest BCUT2D eigenvalue weighted by Crippen LogP contribution is 2.58. The van der Waals surface area contributed by atoms with Crippen LogP contribution in [-0.4, -0.2) is 71.7 Å². The molecule has 1 aliphatic carbocycles. The van der Waals surface area contributed by atoms with Crippen LogP contribution in [0.1, 0.15) is 70.6 Å². The Hall–Kier alpha value is -1.67. The average Bonchev–Trinajstić information content (AvgIpc) is 3.41. The Morgan fingerprint density at radius 2 is 1.84 bits per heavy atom. The lowest BCUT2D eigenvalue weighted by molar-refractivity contribution is -0.142. The van der Waals surface area contributed by atoms with Crippen LogP contribution in [0.4, 0.5) is 0 Å². The summed E-state index contributed by atoms with van der Waals surface area (Å²) in [6, 6.07) is -0.504. The van der Waals surface area contributed by atoms with E-state index in [1.165, 1.54) is 6.42 Å². The first-order valence-corrected chi connectivity index (χ1v) is 12.1. The molecule has 3 N–H and O–H groups in total. The van der Waals surface area contributed by atoms with Gasteiger partial charge in [0.25, 0.3) is 0 Å². The fraction of sp³-hybridized carbons (Fsp3) is 0.870. The number of nitrogens with zero attached hydrogens (tertiary/aromatic N) is 1. The first-order valence-electron chi connectivity index (χ1n) is 12.1. The van der Waals surface area contributed by atoms with Crippen LogP contribution in [0.3, 0.4) is 0 Å². The van der Waals surface area contributed by atoms with E-state index in [9.17, 15) is 14.4 Å². The molecule has 2 unspecified atom stereocenters. The summed E-state index contributed by atoms with van der Waals surface area (Å²) in [6.45, 7) is 0.656. The molecule has 1 spiro atoms. The lowest BCUT2D eigenvalue weighted by atomic mass is 9.70. The molecular formula is C23H37N3O5. The summed E-state index contributed by atoms with van der Waals surface area (Å²) >= 11 is 0. The highest BCUT2D eigenvalue weighted by molar-refractivity contribution is 5.98. The Bertz CT molecular complexity index is 695. The van der Waals surface area contributed by atoms with E-state index in [1.807, 2.05) is 0 Å². The van der Waals surface area contributed by atoms with Crippen molar-refractivity contribution in [1.29, 1.82) is 0 Å². The van der Waals surface area contributed by atoms with Gasteiger partial charge in [0.2, 0.25) is 17.7 Å². The zero-order chi connectivity index (χ0) is 22.0. The fourth-order valence-electron chi connectivity index (χ4n) is 6.44. The number of carbonyl (C=O) groups excluding carboxylic acids is 3. The molecule has 3 amide bonds. The van der Waals surface area contributed by atoms with Crippen LogP contribution in [0, 0.1) is 11.8 Å². The number of likely N-dealkylation sites (tertiary alicyclic amines) is 1. The van der Waals surface area contributed by atoms with E-state index >= 15 is 0 Å². The summed E-state index contributed by atoms with van der Waals surface area (Å²) in [6.07, 6.45) is 9.78. The van der Waals surface area contributed by atoms with Gasteiger partial charge in [0.15, 0.2) is 0 Å². The van der Waals surface area contributed by atoms with Gasteiger partial charge in [-0.15, -0.1) is 0 Å². The van der Waals surface area contributed by atoms with Gasteiger partial charge in [-0.3, -0.25) is 14.4 Å². The minimum absolute atomic E-state index is 0.109. The van der Waals surface area contributed by atoms with Crippen LogP contribution in [0.25, 0.3) is 0 Å². The molecule has 3 heterocycles. The number of rotatable bonds is 9. The summed E-state index contributed by atoms with van der Waals surface area (Å²) in [7, 11) is 1.59. The van der Waals surface area contributed by atoms with Crippen molar-refractivity contribution in [2.75, 3.05) is 20.2 Å². The van der Waals surface area contributed by atoms with E-state index in [0.29, 0.717) is 19.4 Å². The van der Waals surface area contributed by atoms with Crippen LogP contribution < -0.4 is 10.6 Å². The van der Waals surface area contributed by atoms with Crippen LogP contribution >= 0.6 is 0 Å². The molecule has 8 nitrogen and oxygen atoms in total. The quantitative estimate of drug-likeness (QED) is 0.470. The second-order valence-corrected chi connectivity index (χ2v) is 9.68. The number of nitrogens with one attached hydrogen (secondary N) is 2. The molecular weight excluding hydrogens is 398 g/mol. The van der Waals surface area contributed by atoms with Gasteiger partial charge < -0.3 is 25.4 Å². The zero-order valence-electron chi connectivity index (χ0n) is 18.6. The van der Waals surface area contributed by atoms with E-state index in [2.05, 4.69) is 10.6 Å². The Morgan fingerprint density at radius 1 is 1.10 bits per heavy atom. The number of ether oxygens (including phenoxy) is 1. The second-order valence-electron chi connectivity index (χ2n) is 9.68. The third-order valence-electron chi connectivity index (χ3n) is 7.86. The number of unbranched alkanes of at least 4 members (excludes halogenated alkanes) is 3. The highest BCUT2D eigenvalue weighted by Gasteiger charge is 2.74. The topological polar surface area (TPSA) is 108 Å². The summed E-state index contributed by atoms with van der Waals surface area (Å²) < 4.78 is 6.37. The first kappa shape index (κ1) is 22.5. The molecule has 1 saturated carbocycles. The number of fused-ring (bicyclic) bond motifs is 1. The predicted molar refractivity (Wildman–Crippen MR) is 114 cm³/mol. The lowest BCUT2D eigenvalue weighted by Gasteiger charge is -2.35. The smallest absolute Gasteiger partial charge is 0.246 e. The van der Waals surface area contributed by atoms with Crippen molar-refractivity contribution >= 4 is 17.7 Å². The number of aliphatic hydroxyl groups is 1. The van der Waals surface area contributed by atoms with Crippen LogP contribution in [0.5, 0.6) is 0 Å². The SMILES string of the molecule is CNC(=O)[C@@H]1[C@@H]2CCC3(O2)C(C(=O)NC2CCCCC2)N(CCCCCCO)C(=O)[C@H]13. The summed E-state index contributed by atoms with van der Waals surface area (Å²) in [5, 5.41) is 14.9. The van der Waals surface area contributed by atoms with Crippen molar-refractivity contribution < 1.29 is 24.2 Å². The molecule has 4 rings (SSSR count). The molecule has 8 heteroatoms. The van der Waals surface area contributed by atoms with Gasteiger partial charge in [0.1, 0.15) is 11.6 Å². The molecule has 0 aromatic heterocycles. The molecule has 4 aliphatic rings. The molecule has 31 heavy (non-hydrogen) atoms. The third-order valence-corrected chi connectivity index (χ3v) is 7.86. The van der Waals surface area contributed by atoms with Gasteiger partial charge in [-0.25, -0.2) is 0 Å². The average molecular weight is 436 g/mol. The van der Waals surface area contributed by atoms with E-state index in [1.54, 1.807) is 11.9 Å².